The molecule has 0 heterocycles. The van der Waals surface area contributed by atoms with Crippen molar-refractivity contribution in [2.45, 2.75) is 97.9 Å². The summed E-state index contributed by atoms with van der Waals surface area (Å²) in [7, 11) is 0. The Labute approximate surface area is 206 Å². The number of rotatable bonds is 20. The molecule has 204 valence electrons. The van der Waals surface area contributed by atoms with Crippen molar-refractivity contribution in [3.63, 3.8) is 0 Å². The molecule has 1 atom stereocenters. The number of hydrogen-bond donors (Lipinski definition) is 1. The zero-order valence-electron chi connectivity index (χ0n) is 21.6. The van der Waals surface area contributed by atoms with Gasteiger partial charge in [0.25, 0.3) is 5.97 Å². The van der Waals surface area contributed by atoms with Crippen LogP contribution in [0.4, 0.5) is 27.6 Å². The number of anilines is 1. The van der Waals surface area contributed by atoms with Crippen molar-refractivity contribution >= 4 is 5.69 Å². The fourth-order valence-electron chi connectivity index (χ4n) is 3.77. The number of nitrogens with one attached hydrogen (secondary N) is 1. The monoisotopic (exact) mass is 511 g/mol. The minimum atomic E-state index is -2.19. The van der Waals surface area contributed by atoms with Crippen LogP contribution in [0.3, 0.4) is 0 Å². The molecule has 4 nitrogen and oxygen atoms in total. The van der Waals surface area contributed by atoms with Crippen LogP contribution in [-0.2, 0) is 14.2 Å². The van der Waals surface area contributed by atoms with Crippen molar-refractivity contribution in [1.29, 1.82) is 0 Å². The van der Waals surface area contributed by atoms with Crippen LogP contribution in [0.25, 0.3) is 0 Å². The third-order valence-electron chi connectivity index (χ3n) is 5.66. The molecule has 0 amide bonds. The molecule has 0 aliphatic carbocycles. The number of benzene rings is 1. The van der Waals surface area contributed by atoms with E-state index in [1.807, 2.05) is 20.8 Å². The van der Waals surface area contributed by atoms with Gasteiger partial charge in [-0.15, -0.1) is 0 Å². The van der Waals surface area contributed by atoms with Gasteiger partial charge >= 0.3 is 0 Å². The van der Waals surface area contributed by atoms with Gasteiger partial charge in [0.2, 0.25) is 5.82 Å². The summed E-state index contributed by atoms with van der Waals surface area (Å²) < 4.78 is 87.8. The van der Waals surface area contributed by atoms with E-state index < -0.39 is 46.7 Å². The van der Waals surface area contributed by atoms with Crippen molar-refractivity contribution < 1.29 is 36.2 Å². The van der Waals surface area contributed by atoms with E-state index in [0.29, 0.717) is 45.5 Å². The predicted molar refractivity (Wildman–Crippen MR) is 128 cm³/mol. The van der Waals surface area contributed by atoms with Crippen LogP contribution >= 0.6 is 0 Å². The first-order chi connectivity index (χ1) is 16.8. The van der Waals surface area contributed by atoms with E-state index in [2.05, 4.69) is 12.2 Å². The molecular formula is C26H42F5NO3. The van der Waals surface area contributed by atoms with Crippen LogP contribution in [0.5, 0.6) is 0 Å². The topological polar surface area (TPSA) is 39.7 Å². The summed E-state index contributed by atoms with van der Waals surface area (Å²) in [5, 5.41) is 2.45. The zero-order valence-corrected chi connectivity index (χ0v) is 21.6. The highest BCUT2D eigenvalue weighted by molar-refractivity contribution is 5.47. The van der Waals surface area contributed by atoms with Crippen LogP contribution in [-0.4, -0.2) is 32.3 Å². The lowest BCUT2D eigenvalue weighted by molar-refractivity contribution is -0.404. The standard InChI is InChI=1S/C26H42F5NO3/c1-5-9-10-11-12-13-14-19(26(33-15-6-2,34-16-7-3)35-17-8-4)18-32-25-23(30)21(28)20(27)22(29)24(25)31/h19,32H,5-18H2,1-4H3. The van der Waals surface area contributed by atoms with Crippen molar-refractivity contribution in [3.05, 3.63) is 29.1 Å². The highest BCUT2D eigenvalue weighted by atomic mass is 19.2. The average molecular weight is 512 g/mol. The molecule has 0 fully saturated rings. The molecule has 0 spiro atoms. The highest BCUT2D eigenvalue weighted by Gasteiger charge is 2.42. The third-order valence-corrected chi connectivity index (χ3v) is 5.66. The SMILES string of the molecule is CCCCCCCCC(CNc1c(F)c(F)c(F)c(F)c1F)C(OCCC)(OCCC)OCCC. The Morgan fingerprint density at radius 2 is 1.03 bits per heavy atom. The van der Waals surface area contributed by atoms with Crippen LogP contribution in [0.1, 0.15) is 91.9 Å². The molecule has 1 unspecified atom stereocenters. The molecule has 0 aliphatic rings. The lowest BCUT2D eigenvalue weighted by atomic mass is 9.96. The van der Waals surface area contributed by atoms with Gasteiger partial charge < -0.3 is 19.5 Å². The predicted octanol–water partition coefficient (Wildman–Crippen LogP) is 8.09. The van der Waals surface area contributed by atoms with E-state index in [1.54, 1.807) is 0 Å². The van der Waals surface area contributed by atoms with Gasteiger partial charge in [-0.05, 0) is 25.7 Å². The van der Waals surface area contributed by atoms with E-state index in [9.17, 15) is 22.0 Å². The molecule has 0 saturated carbocycles. The van der Waals surface area contributed by atoms with Crippen LogP contribution in [0.15, 0.2) is 0 Å². The second-order valence-corrected chi connectivity index (χ2v) is 8.73. The maximum absolute atomic E-state index is 14.3. The second-order valence-electron chi connectivity index (χ2n) is 8.73. The average Bonchev–Trinajstić information content (AvgIpc) is 2.87. The molecule has 0 aromatic heterocycles. The molecule has 35 heavy (non-hydrogen) atoms. The largest absolute Gasteiger partial charge is 0.380 e. The highest BCUT2D eigenvalue weighted by Crippen LogP contribution is 2.33. The minimum absolute atomic E-state index is 0.162. The second kappa shape index (κ2) is 17.1. The van der Waals surface area contributed by atoms with Gasteiger partial charge in [-0.3, -0.25) is 0 Å². The lowest BCUT2D eigenvalue weighted by Crippen LogP contribution is -2.49. The van der Waals surface area contributed by atoms with E-state index >= 15 is 0 Å². The van der Waals surface area contributed by atoms with Crippen molar-refractivity contribution in [2.75, 3.05) is 31.7 Å². The van der Waals surface area contributed by atoms with Crippen molar-refractivity contribution in [2.24, 2.45) is 5.92 Å². The minimum Gasteiger partial charge on any atom is -0.380 e. The first-order valence-corrected chi connectivity index (χ1v) is 13.0. The van der Waals surface area contributed by atoms with E-state index in [1.165, 1.54) is 0 Å². The Morgan fingerprint density at radius 1 is 0.600 bits per heavy atom. The Morgan fingerprint density at radius 3 is 1.49 bits per heavy atom. The summed E-state index contributed by atoms with van der Waals surface area (Å²) in [4.78, 5) is 0. The zero-order chi connectivity index (χ0) is 26.3. The molecule has 1 aromatic rings. The van der Waals surface area contributed by atoms with E-state index in [4.69, 9.17) is 14.2 Å². The van der Waals surface area contributed by atoms with Gasteiger partial charge in [-0.1, -0.05) is 66.2 Å². The molecular weight excluding hydrogens is 469 g/mol. The fraction of sp³-hybridized carbons (Fsp3) is 0.769. The van der Waals surface area contributed by atoms with E-state index in [-0.39, 0.29) is 6.54 Å². The molecule has 1 rings (SSSR count). The summed E-state index contributed by atoms with van der Waals surface area (Å²) in [5.41, 5.74) is -1.07. The van der Waals surface area contributed by atoms with Gasteiger partial charge in [-0.2, -0.15) is 0 Å². The van der Waals surface area contributed by atoms with Crippen LogP contribution in [0.2, 0.25) is 0 Å². The normalized spacial score (nSPS) is 12.8. The Bertz CT molecular complexity index is 685. The summed E-state index contributed by atoms with van der Waals surface area (Å²) in [6.07, 6.45) is 8.70. The third kappa shape index (κ3) is 9.50. The molecule has 1 aromatic carbocycles. The summed E-state index contributed by atoms with van der Waals surface area (Å²) >= 11 is 0. The first kappa shape index (κ1) is 31.6. The quantitative estimate of drug-likeness (QED) is 0.0631. The van der Waals surface area contributed by atoms with Crippen LogP contribution in [0, 0.1) is 35.0 Å². The fourth-order valence-corrected chi connectivity index (χ4v) is 3.77. The molecule has 0 aliphatic heterocycles. The Kier molecular flexibility index (Phi) is 15.4. The smallest absolute Gasteiger partial charge is 0.287 e. The maximum Gasteiger partial charge on any atom is 0.287 e. The van der Waals surface area contributed by atoms with Gasteiger partial charge in [-0.25, -0.2) is 22.0 Å². The first-order valence-electron chi connectivity index (χ1n) is 13.0. The summed E-state index contributed by atoms with van der Waals surface area (Å²) in [6.45, 7) is 8.73. The lowest BCUT2D eigenvalue weighted by Gasteiger charge is -2.40. The molecule has 0 bridgehead atoms. The Balaban J connectivity index is 3.23. The molecule has 0 saturated heterocycles. The van der Waals surface area contributed by atoms with Gasteiger partial charge in [0.1, 0.15) is 5.69 Å². The number of ether oxygens (including phenoxy) is 3. The van der Waals surface area contributed by atoms with Gasteiger partial charge in [0.15, 0.2) is 23.3 Å². The Hall–Kier alpha value is -1.45. The molecule has 0 radical (unpaired) electrons. The van der Waals surface area contributed by atoms with Crippen molar-refractivity contribution in [3.8, 4) is 0 Å². The van der Waals surface area contributed by atoms with Gasteiger partial charge in [0, 0.05) is 6.54 Å². The maximum atomic E-state index is 14.3. The molecule has 9 heteroatoms. The summed E-state index contributed by atoms with van der Waals surface area (Å²) in [6, 6.07) is 0. The summed E-state index contributed by atoms with van der Waals surface area (Å²) in [5.74, 6) is -12.0. The number of hydrogen-bond acceptors (Lipinski definition) is 4. The van der Waals surface area contributed by atoms with Gasteiger partial charge in [0.05, 0.1) is 25.7 Å². The van der Waals surface area contributed by atoms with Crippen LogP contribution < -0.4 is 5.32 Å². The number of unbranched alkanes of at least 4 members (excludes halogenated alkanes) is 5. The van der Waals surface area contributed by atoms with Crippen molar-refractivity contribution in [1.82, 2.24) is 0 Å². The van der Waals surface area contributed by atoms with E-state index in [0.717, 1.165) is 38.5 Å². The molecule has 1 N–H and O–H groups in total. The number of halogens is 5.